The van der Waals surface area contributed by atoms with Gasteiger partial charge in [-0.2, -0.15) is 0 Å². The van der Waals surface area contributed by atoms with E-state index >= 15 is 0 Å². The van der Waals surface area contributed by atoms with Gasteiger partial charge in [-0.05, 0) is 72.2 Å². The van der Waals surface area contributed by atoms with Crippen LogP contribution in [0, 0.1) is 0 Å². The third-order valence-corrected chi connectivity index (χ3v) is 4.19. The molecule has 0 saturated carbocycles. The highest BCUT2D eigenvalue weighted by molar-refractivity contribution is 5.80. The highest BCUT2D eigenvalue weighted by atomic mass is 16.3. The number of aromatic nitrogens is 1. The van der Waals surface area contributed by atoms with Gasteiger partial charge in [-0.1, -0.05) is 24.3 Å². The molecule has 0 aliphatic rings. The van der Waals surface area contributed by atoms with Crippen molar-refractivity contribution in [2.75, 3.05) is 0 Å². The summed E-state index contributed by atoms with van der Waals surface area (Å²) in [6, 6.07) is 14.3. The standard InChI is InChI=1S/C20H21NO/c1-14(2)19-13-18(22)8-7-16(19)6-4-15-5-9-20-17(12-15)10-11-21(20)3/h5,7-13,22H,1,4,6H2,2-3H3. The molecule has 1 aromatic heterocycles. The number of rotatable bonds is 4. The van der Waals surface area contributed by atoms with Gasteiger partial charge >= 0.3 is 0 Å². The largest absolute Gasteiger partial charge is 0.508 e. The molecule has 0 atom stereocenters. The van der Waals surface area contributed by atoms with E-state index in [0.717, 1.165) is 24.0 Å². The van der Waals surface area contributed by atoms with Gasteiger partial charge in [-0.25, -0.2) is 0 Å². The van der Waals surface area contributed by atoms with Gasteiger partial charge in [-0.15, -0.1) is 0 Å². The van der Waals surface area contributed by atoms with Gasteiger partial charge in [0, 0.05) is 18.8 Å². The molecule has 0 saturated heterocycles. The van der Waals surface area contributed by atoms with Crippen molar-refractivity contribution in [3.05, 3.63) is 71.9 Å². The quantitative estimate of drug-likeness (QED) is 0.740. The van der Waals surface area contributed by atoms with Crippen molar-refractivity contribution in [1.82, 2.24) is 4.57 Å². The van der Waals surface area contributed by atoms with Gasteiger partial charge in [0.15, 0.2) is 0 Å². The maximum Gasteiger partial charge on any atom is 0.116 e. The molecule has 1 N–H and O–H groups in total. The van der Waals surface area contributed by atoms with Gasteiger partial charge in [0.25, 0.3) is 0 Å². The second-order valence-corrected chi connectivity index (χ2v) is 5.94. The molecule has 3 aromatic rings. The molecule has 0 bridgehead atoms. The van der Waals surface area contributed by atoms with Crippen LogP contribution in [0.3, 0.4) is 0 Å². The second kappa shape index (κ2) is 5.72. The maximum absolute atomic E-state index is 9.65. The van der Waals surface area contributed by atoms with Crippen molar-refractivity contribution in [1.29, 1.82) is 0 Å². The highest BCUT2D eigenvalue weighted by Gasteiger charge is 2.06. The molecule has 0 fully saturated rings. The molecular formula is C20H21NO. The molecular weight excluding hydrogens is 270 g/mol. The smallest absolute Gasteiger partial charge is 0.116 e. The van der Waals surface area contributed by atoms with Gasteiger partial charge in [-0.3, -0.25) is 0 Å². The first-order chi connectivity index (χ1) is 10.5. The first-order valence-corrected chi connectivity index (χ1v) is 7.56. The summed E-state index contributed by atoms with van der Waals surface area (Å²) in [6.45, 7) is 5.99. The summed E-state index contributed by atoms with van der Waals surface area (Å²) in [5.41, 5.74) is 5.87. The fourth-order valence-corrected chi connectivity index (χ4v) is 2.95. The zero-order chi connectivity index (χ0) is 15.7. The third kappa shape index (κ3) is 2.77. The van der Waals surface area contributed by atoms with Crippen LogP contribution in [-0.2, 0) is 19.9 Å². The Bertz CT molecular complexity index is 842. The molecule has 22 heavy (non-hydrogen) atoms. The molecule has 0 aliphatic carbocycles. The topological polar surface area (TPSA) is 25.2 Å². The molecule has 0 aliphatic heterocycles. The Morgan fingerprint density at radius 3 is 2.68 bits per heavy atom. The minimum absolute atomic E-state index is 0.299. The van der Waals surface area contributed by atoms with Crippen LogP contribution in [0.2, 0.25) is 0 Å². The Morgan fingerprint density at radius 2 is 1.91 bits per heavy atom. The van der Waals surface area contributed by atoms with E-state index in [1.165, 1.54) is 22.0 Å². The molecule has 112 valence electrons. The summed E-state index contributed by atoms with van der Waals surface area (Å²) in [5.74, 6) is 0.299. The van der Waals surface area contributed by atoms with E-state index in [2.05, 4.69) is 48.7 Å². The number of hydrogen-bond acceptors (Lipinski definition) is 1. The van der Waals surface area contributed by atoms with Crippen LogP contribution in [0.1, 0.15) is 23.6 Å². The lowest BCUT2D eigenvalue weighted by Crippen LogP contribution is -1.96. The number of phenolic OH excluding ortho intramolecular Hbond substituents is 1. The highest BCUT2D eigenvalue weighted by Crippen LogP contribution is 2.24. The summed E-state index contributed by atoms with van der Waals surface area (Å²) >= 11 is 0. The Morgan fingerprint density at radius 1 is 1.09 bits per heavy atom. The molecule has 0 radical (unpaired) electrons. The Kier molecular flexibility index (Phi) is 3.76. The van der Waals surface area contributed by atoms with Crippen molar-refractivity contribution in [2.24, 2.45) is 7.05 Å². The molecule has 2 aromatic carbocycles. The molecule has 1 heterocycles. The summed E-state index contributed by atoms with van der Waals surface area (Å²) in [6.07, 6.45) is 4.02. The SMILES string of the molecule is C=C(C)c1cc(O)ccc1CCc1ccc2c(ccn2C)c1. The van der Waals surface area contributed by atoms with E-state index in [1.807, 2.05) is 13.0 Å². The number of aromatic hydroxyl groups is 1. The van der Waals surface area contributed by atoms with Crippen molar-refractivity contribution in [3.8, 4) is 5.75 Å². The van der Waals surface area contributed by atoms with Gasteiger partial charge in [0.1, 0.15) is 5.75 Å². The predicted octanol–water partition coefficient (Wildman–Crippen LogP) is 4.70. The third-order valence-electron chi connectivity index (χ3n) is 4.19. The summed E-state index contributed by atoms with van der Waals surface area (Å²) in [4.78, 5) is 0. The lowest BCUT2D eigenvalue weighted by Gasteiger charge is -2.10. The lowest BCUT2D eigenvalue weighted by atomic mass is 9.96. The molecule has 2 nitrogen and oxygen atoms in total. The summed E-state index contributed by atoms with van der Waals surface area (Å²) in [5, 5.41) is 10.9. The Balaban J connectivity index is 1.83. The van der Waals surface area contributed by atoms with Crippen LogP contribution in [0.4, 0.5) is 0 Å². The van der Waals surface area contributed by atoms with E-state index in [9.17, 15) is 5.11 Å². The fourth-order valence-electron chi connectivity index (χ4n) is 2.95. The van der Waals surface area contributed by atoms with Crippen LogP contribution < -0.4 is 0 Å². The molecule has 3 rings (SSSR count). The van der Waals surface area contributed by atoms with E-state index in [1.54, 1.807) is 12.1 Å². The predicted molar refractivity (Wildman–Crippen MR) is 93.1 cm³/mol. The number of fused-ring (bicyclic) bond motifs is 1. The summed E-state index contributed by atoms with van der Waals surface area (Å²) in [7, 11) is 2.07. The van der Waals surface area contributed by atoms with Crippen molar-refractivity contribution in [2.45, 2.75) is 19.8 Å². The molecule has 0 amide bonds. The van der Waals surface area contributed by atoms with Crippen molar-refractivity contribution < 1.29 is 5.11 Å². The fraction of sp³-hybridized carbons (Fsp3) is 0.200. The average Bonchev–Trinajstić information content (AvgIpc) is 2.87. The Hall–Kier alpha value is -2.48. The Labute approximate surface area is 131 Å². The van der Waals surface area contributed by atoms with Gasteiger partial charge in [0.05, 0.1) is 0 Å². The van der Waals surface area contributed by atoms with Gasteiger partial charge < -0.3 is 9.67 Å². The monoisotopic (exact) mass is 291 g/mol. The zero-order valence-corrected chi connectivity index (χ0v) is 13.1. The van der Waals surface area contributed by atoms with E-state index in [4.69, 9.17) is 0 Å². The van der Waals surface area contributed by atoms with Crippen molar-refractivity contribution >= 4 is 16.5 Å². The van der Waals surface area contributed by atoms with Crippen LogP contribution in [-0.4, -0.2) is 9.67 Å². The average molecular weight is 291 g/mol. The lowest BCUT2D eigenvalue weighted by molar-refractivity contribution is 0.475. The number of allylic oxidation sites excluding steroid dienone is 1. The van der Waals surface area contributed by atoms with E-state index in [-0.39, 0.29) is 0 Å². The second-order valence-electron chi connectivity index (χ2n) is 5.94. The first-order valence-electron chi connectivity index (χ1n) is 7.56. The van der Waals surface area contributed by atoms with Crippen LogP contribution in [0.5, 0.6) is 5.75 Å². The number of hydrogen-bond donors (Lipinski definition) is 1. The first kappa shape index (κ1) is 14.5. The number of aryl methyl sites for hydroxylation is 3. The minimum atomic E-state index is 0.299. The molecule has 0 unspecified atom stereocenters. The van der Waals surface area contributed by atoms with Crippen molar-refractivity contribution in [3.63, 3.8) is 0 Å². The zero-order valence-electron chi connectivity index (χ0n) is 13.1. The van der Waals surface area contributed by atoms with Crippen LogP contribution >= 0.6 is 0 Å². The van der Waals surface area contributed by atoms with E-state index in [0.29, 0.717) is 5.75 Å². The van der Waals surface area contributed by atoms with Gasteiger partial charge in [0.2, 0.25) is 0 Å². The number of phenols is 1. The maximum atomic E-state index is 9.65. The molecule has 0 spiro atoms. The van der Waals surface area contributed by atoms with Crippen LogP contribution in [0.15, 0.2) is 55.2 Å². The normalized spacial score (nSPS) is 11.0. The molecule has 2 heteroatoms. The number of benzene rings is 2. The summed E-state index contributed by atoms with van der Waals surface area (Å²) < 4.78 is 2.14. The number of nitrogens with zero attached hydrogens (tertiary/aromatic N) is 1. The minimum Gasteiger partial charge on any atom is -0.508 e. The van der Waals surface area contributed by atoms with E-state index < -0.39 is 0 Å². The van der Waals surface area contributed by atoms with Crippen LogP contribution in [0.25, 0.3) is 16.5 Å².